The average Bonchev–Trinajstić information content (AvgIpc) is 2.62. The van der Waals surface area contributed by atoms with Crippen LogP contribution in [0.4, 0.5) is 0 Å². The van der Waals surface area contributed by atoms with Gasteiger partial charge in [-0.1, -0.05) is 30.3 Å². The first-order valence-electron chi connectivity index (χ1n) is 8.86. The van der Waals surface area contributed by atoms with Gasteiger partial charge in [0.25, 0.3) is 5.91 Å². The molecule has 0 aliphatic carbocycles. The lowest BCUT2D eigenvalue weighted by Gasteiger charge is -2.40. The van der Waals surface area contributed by atoms with Gasteiger partial charge in [0.05, 0.1) is 12.1 Å². The van der Waals surface area contributed by atoms with Crippen molar-refractivity contribution >= 4 is 5.91 Å². The highest BCUT2D eigenvalue weighted by Crippen LogP contribution is 2.27. The summed E-state index contributed by atoms with van der Waals surface area (Å²) >= 11 is 0. The Kier molecular flexibility index (Phi) is 5.39. The molecule has 4 nitrogen and oxygen atoms in total. The number of ether oxygens (including phenoxy) is 1. The molecule has 0 aromatic heterocycles. The van der Waals surface area contributed by atoms with Crippen molar-refractivity contribution in [1.82, 2.24) is 9.80 Å². The van der Waals surface area contributed by atoms with Gasteiger partial charge < -0.3 is 14.5 Å². The standard InChI is InChI=1S/C21H26N2O2/c1-16(2)25-19-11-9-18(10-12-19)21(24)23-14-13-22(3)15-20(23)17-7-5-4-6-8-17/h4-12,16,20H,13-15H2,1-3H3. The molecule has 0 spiro atoms. The van der Waals surface area contributed by atoms with Crippen LogP contribution in [0.2, 0.25) is 0 Å². The first kappa shape index (κ1) is 17.5. The van der Waals surface area contributed by atoms with Crippen LogP contribution in [-0.4, -0.2) is 48.5 Å². The van der Waals surface area contributed by atoms with Gasteiger partial charge in [0.2, 0.25) is 0 Å². The summed E-state index contributed by atoms with van der Waals surface area (Å²) < 4.78 is 5.67. The number of rotatable bonds is 4. The normalized spacial score (nSPS) is 18.4. The predicted molar refractivity (Wildman–Crippen MR) is 99.9 cm³/mol. The summed E-state index contributed by atoms with van der Waals surface area (Å²) in [4.78, 5) is 17.4. The van der Waals surface area contributed by atoms with Gasteiger partial charge in [0, 0.05) is 25.2 Å². The lowest BCUT2D eigenvalue weighted by molar-refractivity contribution is 0.0498. The first-order chi connectivity index (χ1) is 12.0. The maximum absolute atomic E-state index is 13.1. The van der Waals surface area contributed by atoms with E-state index in [0.29, 0.717) is 5.56 Å². The van der Waals surface area contributed by atoms with Crippen LogP contribution < -0.4 is 4.74 Å². The van der Waals surface area contributed by atoms with E-state index in [9.17, 15) is 4.79 Å². The number of benzene rings is 2. The molecule has 0 saturated carbocycles. The predicted octanol–water partition coefficient (Wildman–Crippen LogP) is 3.60. The number of hydrogen-bond acceptors (Lipinski definition) is 3. The molecule has 1 amide bonds. The number of likely N-dealkylation sites (N-methyl/N-ethyl adjacent to an activating group) is 1. The zero-order valence-electron chi connectivity index (χ0n) is 15.2. The molecule has 132 valence electrons. The zero-order valence-corrected chi connectivity index (χ0v) is 15.2. The van der Waals surface area contributed by atoms with E-state index in [4.69, 9.17) is 4.74 Å². The maximum Gasteiger partial charge on any atom is 0.254 e. The van der Waals surface area contributed by atoms with Gasteiger partial charge in [0.1, 0.15) is 5.75 Å². The average molecular weight is 338 g/mol. The molecular formula is C21H26N2O2. The SMILES string of the molecule is CC(C)Oc1ccc(C(=O)N2CCN(C)CC2c2ccccc2)cc1. The summed E-state index contributed by atoms with van der Waals surface area (Å²) in [5.41, 5.74) is 1.89. The summed E-state index contributed by atoms with van der Waals surface area (Å²) in [7, 11) is 2.11. The van der Waals surface area contributed by atoms with Gasteiger partial charge in [-0.2, -0.15) is 0 Å². The Morgan fingerprint density at radius 2 is 1.72 bits per heavy atom. The molecule has 1 fully saturated rings. The van der Waals surface area contributed by atoms with E-state index in [1.807, 2.05) is 61.2 Å². The Morgan fingerprint density at radius 1 is 1.04 bits per heavy atom. The molecule has 2 aromatic rings. The van der Waals surface area contributed by atoms with E-state index in [-0.39, 0.29) is 18.1 Å². The molecule has 0 radical (unpaired) electrons. The molecule has 4 heteroatoms. The number of carbonyl (C=O) groups is 1. The van der Waals surface area contributed by atoms with E-state index >= 15 is 0 Å². The molecule has 1 unspecified atom stereocenters. The minimum Gasteiger partial charge on any atom is -0.491 e. The van der Waals surface area contributed by atoms with Crippen molar-refractivity contribution in [3.8, 4) is 5.75 Å². The summed E-state index contributed by atoms with van der Waals surface area (Å²) in [6, 6.07) is 17.8. The molecule has 1 saturated heterocycles. The number of carbonyl (C=O) groups excluding carboxylic acids is 1. The monoisotopic (exact) mass is 338 g/mol. The van der Waals surface area contributed by atoms with E-state index in [1.165, 1.54) is 5.56 Å². The van der Waals surface area contributed by atoms with Gasteiger partial charge in [-0.05, 0) is 50.7 Å². The second-order valence-electron chi connectivity index (χ2n) is 6.88. The molecule has 3 rings (SSSR count). The Balaban J connectivity index is 1.81. The fourth-order valence-corrected chi connectivity index (χ4v) is 3.24. The molecule has 2 aromatic carbocycles. The summed E-state index contributed by atoms with van der Waals surface area (Å²) in [5.74, 6) is 0.877. The van der Waals surface area contributed by atoms with Gasteiger partial charge in [-0.25, -0.2) is 0 Å². The van der Waals surface area contributed by atoms with E-state index in [2.05, 4.69) is 24.1 Å². The fourth-order valence-electron chi connectivity index (χ4n) is 3.24. The Bertz CT molecular complexity index is 698. The van der Waals surface area contributed by atoms with Crippen LogP contribution in [0.15, 0.2) is 54.6 Å². The number of hydrogen-bond donors (Lipinski definition) is 0. The van der Waals surface area contributed by atoms with Crippen LogP contribution in [0.5, 0.6) is 5.75 Å². The molecule has 0 bridgehead atoms. The quantitative estimate of drug-likeness (QED) is 0.854. The summed E-state index contributed by atoms with van der Waals surface area (Å²) in [5, 5.41) is 0. The number of amides is 1. The van der Waals surface area contributed by atoms with Crippen molar-refractivity contribution in [3.63, 3.8) is 0 Å². The molecule has 1 heterocycles. The highest BCUT2D eigenvalue weighted by molar-refractivity contribution is 5.94. The Labute approximate surface area is 150 Å². The molecule has 1 aliphatic rings. The van der Waals surface area contributed by atoms with Crippen LogP contribution in [0, 0.1) is 0 Å². The zero-order chi connectivity index (χ0) is 17.8. The second-order valence-corrected chi connectivity index (χ2v) is 6.88. The van der Waals surface area contributed by atoms with Crippen molar-refractivity contribution in [1.29, 1.82) is 0 Å². The number of piperazine rings is 1. The highest BCUT2D eigenvalue weighted by Gasteiger charge is 2.30. The summed E-state index contributed by atoms with van der Waals surface area (Å²) in [6.45, 7) is 6.47. The van der Waals surface area contributed by atoms with Gasteiger partial charge in [0.15, 0.2) is 0 Å². The van der Waals surface area contributed by atoms with Crippen LogP contribution >= 0.6 is 0 Å². The topological polar surface area (TPSA) is 32.8 Å². The summed E-state index contributed by atoms with van der Waals surface area (Å²) in [6.07, 6.45) is 0.127. The molecule has 1 aliphatic heterocycles. The lowest BCUT2D eigenvalue weighted by Crippen LogP contribution is -2.49. The highest BCUT2D eigenvalue weighted by atomic mass is 16.5. The molecular weight excluding hydrogens is 312 g/mol. The third-order valence-electron chi connectivity index (χ3n) is 4.50. The minimum absolute atomic E-state index is 0.0815. The lowest BCUT2D eigenvalue weighted by atomic mass is 10.0. The van der Waals surface area contributed by atoms with Crippen LogP contribution in [0.25, 0.3) is 0 Å². The van der Waals surface area contributed by atoms with Crippen molar-refractivity contribution in [2.75, 3.05) is 26.7 Å². The largest absolute Gasteiger partial charge is 0.491 e. The third kappa shape index (κ3) is 4.20. The van der Waals surface area contributed by atoms with Crippen molar-refractivity contribution in [3.05, 3.63) is 65.7 Å². The van der Waals surface area contributed by atoms with E-state index < -0.39 is 0 Å². The van der Waals surface area contributed by atoms with E-state index in [1.54, 1.807) is 0 Å². The maximum atomic E-state index is 13.1. The van der Waals surface area contributed by atoms with Gasteiger partial charge in [-0.3, -0.25) is 4.79 Å². The van der Waals surface area contributed by atoms with Crippen LogP contribution in [-0.2, 0) is 0 Å². The minimum atomic E-state index is 0.0815. The smallest absolute Gasteiger partial charge is 0.254 e. The first-order valence-corrected chi connectivity index (χ1v) is 8.86. The molecule has 1 atom stereocenters. The van der Waals surface area contributed by atoms with E-state index in [0.717, 1.165) is 25.4 Å². The van der Waals surface area contributed by atoms with Crippen LogP contribution in [0.1, 0.15) is 35.8 Å². The second kappa shape index (κ2) is 7.70. The van der Waals surface area contributed by atoms with Gasteiger partial charge in [-0.15, -0.1) is 0 Å². The fraction of sp³-hybridized carbons (Fsp3) is 0.381. The molecule has 0 N–H and O–H groups in total. The molecule has 25 heavy (non-hydrogen) atoms. The Hall–Kier alpha value is -2.33. The Morgan fingerprint density at radius 3 is 2.36 bits per heavy atom. The van der Waals surface area contributed by atoms with Crippen molar-refractivity contribution < 1.29 is 9.53 Å². The third-order valence-corrected chi connectivity index (χ3v) is 4.50. The van der Waals surface area contributed by atoms with Crippen molar-refractivity contribution in [2.45, 2.75) is 26.0 Å². The number of nitrogens with zero attached hydrogens (tertiary/aromatic N) is 2. The van der Waals surface area contributed by atoms with Crippen LogP contribution in [0.3, 0.4) is 0 Å². The van der Waals surface area contributed by atoms with Gasteiger partial charge >= 0.3 is 0 Å². The van der Waals surface area contributed by atoms with Crippen molar-refractivity contribution in [2.24, 2.45) is 0 Å².